The Balaban J connectivity index is 2.01. The molecule has 1 N–H and O–H groups in total. The zero-order valence-electron chi connectivity index (χ0n) is 8.90. The van der Waals surface area contributed by atoms with Gasteiger partial charge in [0.05, 0.1) is 6.54 Å². The quantitative estimate of drug-likeness (QED) is 0.786. The molecule has 1 aromatic heterocycles. The van der Waals surface area contributed by atoms with Gasteiger partial charge in [-0.2, -0.15) is 0 Å². The van der Waals surface area contributed by atoms with Crippen LogP contribution < -0.4 is 4.90 Å². The second kappa shape index (κ2) is 3.20. The zero-order valence-corrected chi connectivity index (χ0v) is 8.90. The molecule has 0 bridgehead atoms. The fraction of sp³-hybridized carbons (Fsp3) is 0.167. The van der Waals surface area contributed by atoms with Gasteiger partial charge < -0.3 is 4.98 Å². The van der Waals surface area contributed by atoms with Crippen molar-refractivity contribution in [3.8, 4) is 0 Å². The number of carbonyl (C=O) groups excluding carboxylic acids is 1. The smallest absolute Gasteiger partial charge is 0.261 e. The van der Waals surface area contributed by atoms with Gasteiger partial charge in [0, 0.05) is 17.5 Å². The van der Waals surface area contributed by atoms with Gasteiger partial charge in [-0.25, -0.2) is 4.98 Å². The van der Waals surface area contributed by atoms with Crippen molar-refractivity contribution in [1.82, 2.24) is 9.97 Å². The van der Waals surface area contributed by atoms with Gasteiger partial charge in [-0.1, -0.05) is 18.2 Å². The topological polar surface area (TPSA) is 49.0 Å². The van der Waals surface area contributed by atoms with E-state index in [9.17, 15) is 4.79 Å². The molecule has 0 fully saturated rings. The van der Waals surface area contributed by atoms with E-state index in [1.165, 1.54) is 0 Å². The van der Waals surface area contributed by atoms with Crippen LogP contribution in [0.5, 0.6) is 0 Å². The molecule has 3 rings (SSSR count). The molecule has 80 valence electrons. The zero-order chi connectivity index (χ0) is 11.1. The molecular formula is C12H11N3O. The van der Waals surface area contributed by atoms with Crippen molar-refractivity contribution >= 4 is 11.9 Å². The number of anilines is 1. The van der Waals surface area contributed by atoms with Gasteiger partial charge in [-0.15, -0.1) is 0 Å². The van der Waals surface area contributed by atoms with Crippen LogP contribution in [0.3, 0.4) is 0 Å². The van der Waals surface area contributed by atoms with Crippen LogP contribution in [0.4, 0.5) is 5.95 Å². The number of aryl methyl sites for hydroxylation is 1. The molecule has 16 heavy (non-hydrogen) atoms. The first-order valence-corrected chi connectivity index (χ1v) is 5.17. The van der Waals surface area contributed by atoms with E-state index in [-0.39, 0.29) is 5.91 Å². The molecule has 0 aliphatic carbocycles. The molecule has 0 saturated heterocycles. The summed E-state index contributed by atoms with van der Waals surface area (Å²) in [6, 6.07) is 7.66. The Labute approximate surface area is 92.9 Å². The van der Waals surface area contributed by atoms with E-state index < -0.39 is 0 Å². The number of fused-ring (bicyclic) bond motifs is 1. The highest BCUT2D eigenvalue weighted by molar-refractivity contribution is 6.09. The first-order valence-electron chi connectivity index (χ1n) is 5.17. The van der Waals surface area contributed by atoms with Crippen LogP contribution >= 0.6 is 0 Å². The fourth-order valence-electron chi connectivity index (χ4n) is 1.96. The molecule has 0 spiro atoms. The fourth-order valence-corrected chi connectivity index (χ4v) is 1.96. The minimum atomic E-state index is 0.0185. The number of amides is 1. The van der Waals surface area contributed by atoms with Crippen molar-refractivity contribution in [1.29, 1.82) is 0 Å². The summed E-state index contributed by atoms with van der Waals surface area (Å²) < 4.78 is 0. The number of hydrogen-bond donors (Lipinski definition) is 1. The Morgan fingerprint density at radius 1 is 1.38 bits per heavy atom. The number of nitrogens with zero attached hydrogens (tertiary/aromatic N) is 2. The van der Waals surface area contributed by atoms with Crippen LogP contribution in [0.1, 0.15) is 21.6 Å². The van der Waals surface area contributed by atoms with E-state index in [4.69, 9.17) is 0 Å². The van der Waals surface area contributed by atoms with Crippen LogP contribution in [0.15, 0.2) is 30.5 Å². The summed E-state index contributed by atoms with van der Waals surface area (Å²) in [6.45, 7) is 2.52. The van der Waals surface area contributed by atoms with E-state index in [1.54, 1.807) is 11.1 Å². The summed E-state index contributed by atoms with van der Waals surface area (Å²) in [5.74, 6) is 0.642. The van der Waals surface area contributed by atoms with Crippen LogP contribution in [0, 0.1) is 6.92 Å². The number of aromatic nitrogens is 2. The first kappa shape index (κ1) is 9.15. The van der Waals surface area contributed by atoms with E-state index in [0.717, 1.165) is 16.8 Å². The maximum Gasteiger partial charge on any atom is 0.261 e. The second-order valence-electron chi connectivity index (χ2n) is 3.94. The molecule has 4 heteroatoms. The third-order valence-electron chi connectivity index (χ3n) is 2.77. The summed E-state index contributed by atoms with van der Waals surface area (Å²) in [4.78, 5) is 21.0. The van der Waals surface area contributed by atoms with Gasteiger partial charge in [-0.05, 0) is 18.6 Å². The average molecular weight is 213 g/mol. The van der Waals surface area contributed by atoms with E-state index in [0.29, 0.717) is 12.5 Å². The lowest BCUT2D eigenvalue weighted by atomic mass is 10.1. The monoisotopic (exact) mass is 213 g/mol. The number of benzene rings is 1. The molecule has 0 unspecified atom stereocenters. The van der Waals surface area contributed by atoms with E-state index in [2.05, 4.69) is 9.97 Å². The summed E-state index contributed by atoms with van der Waals surface area (Å²) >= 11 is 0. The average Bonchev–Trinajstić information content (AvgIpc) is 2.84. The van der Waals surface area contributed by atoms with Crippen molar-refractivity contribution in [3.05, 3.63) is 47.3 Å². The molecule has 1 amide bonds. The van der Waals surface area contributed by atoms with Crippen molar-refractivity contribution in [2.45, 2.75) is 13.5 Å². The van der Waals surface area contributed by atoms with Crippen molar-refractivity contribution in [2.75, 3.05) is 4.90 Å². The molecule has 2 heterocycles. The summed E-state index contributed by atoms with van der Waals surface area (Å²) in [5, 5.41) is 0. The van der Waals surface area contributed by atoms with Gasteiger partial charge in [0.2, 0.25) is 5.95 Å². The molecule has 2 aromatic rings. The lowest BCUT2D eigenvalue weighted by molar-refractivity contribution is 0.0995. The number of H-pyrrole nitrogens is 1. The number of imidazole rings is 1. The largest absolute Gasteiger partial charge is 0.328 e. The minimum Gasteiger partial charge on any atom is -0.328 e. The van der Waals surface area contributed by atoms with Crippen LogP contribution in [-0.2, 0) is 6.54 Å². The maximum atomic E-state index is 12.1. The normalized spacial score (nSPS) is 14.3. The maximum absolute atomic E-state index is 12.1. The van der Waals surface area contributed by atoms with Crippen LogP contribution in [0.2, 0.25) is 0 Å². The van der Waals surface area contributed by atoms with Gasteiger partial charge in [-0.3, -0.25) is 9.69 Å². The predicted octanol–water partition coefficient (Wildman–Crippen LogP) is 1.88. The summed E-state index contributed by atoms with van der Waals surface area (Å²) in [7, 11) is 0. The number of nitrogens with one attached hydrogen (secondary N) is 1. The summed E-state index contributed by atoms with van der Waals surface area (Å²) in [5.41, 5.74) is 2.79. The molecule has 0 saturated carbocycles. The van der Waals surface area contributed by atoms with E-state index in [1.807, 2.05) is 31.2 Å². The molecule has 4 nitrogen and oxygen atoms in total. The van der Waals surface area contributed by atoms with Crippen molar-refractivity contribution in [2.24, 2.45) is 0 Å². The second-order valence-corrected chi connectivity index (χ2v) is 3.94. The standard InChI is InChI=1S/C12H11N3O/c1-8-6-13-12(14-8)15-7-9-4-2-3-5-10(9)11(15)16/h2-6H,7H2,1H3,(H,13,14). The highest BCUT2D eigenvalue weighted by atomic mass is 16.2. The van der Waals surface area contributed by atoms with Gasteiger partial charge in [0.1, 0.15) is 0 Å². The molecule has 0 radical (unpaired) electrons. The number of rotatable bonds is 1. The minimum absolute atomic E-state index is 0.0185. The highest BCUT2D eigenvalue weighted by Crippen LogP contribution is 2.25. The Kier molecular flexibility index (Phi) is 1.83. The number of aromatic amines is 1. The Morgan fingerprint density at radius 3 is 2.88 bits per heavy atom. The molecular weight excluding hydrogens is 202 g/mol. The van der Waals surface area contributed by atoms with Gasteiger partial charge in [0.25, 0.3) is 5.91 Å². The number of hydrogen-bond acceptors (Lipinski definition) is 2. The SMILES string of the molecule is Cc1cnc(N2Cc3ccccc3C2=O)[nH]1. The third kappa shape index (κ3) is 1.23. The van der Waals surface area contributed by atoms with Crippen molar-refractivity contribution < 1.29 is 4.79 Å². The van der Waals surface area contributed by atoms with Gasteiger partial charge >= 0.3 is 0 Å². The van der Waals surface area contributed by atoms with Crippen LogP contribution in [0.25, 0.3) is 0 Å². The molecule has 0 atom stereocenters. The lowest BCUT2D eigenvalue weighted by Gasteiger charge is -2.10. The lowest BCUT2D eigenvalue weighted by Crippen LogP contribution is -2.24. The van der Waals surface area contributed by atoms with E-state index >= 15 is 0 Å². The molecule has 1 aliphatic heterocycles. The Bertz CT molecular complexity index is 559. The molecule has 1 aliphatic rings. The van der Waals surface area contributed by atoms with Crippen molar-refractivity contribution in [3.63, 3.8) is 0 Å². The Morgan fingerprint density at radius 2 is 2.19 bits per heavy atom. The third-order valence-corrected chi connectivity index (χ3v) is 2.77. The summed E-state index contributed by atoms with van der Waals surface area (Å²) in [6.07, 6.45) is 1.73. The van der Waals surface area contributed by atoms with Crippen LogP contribution in [-0.4, -0.2) is 15.9 Å². The number of carbonyl (C=O) groups is 1. The Hall–Kier alpha value is -2.10. The first-order chi connectivity index (χ1) is 7.75. The highest BCUT2D eigenvalue weighted by Gasteiger charge is 2.29. The van der Waals surface area contributed by atoms with Gasteiger partial charge in [0.15, 0.2) is 0 Å². The molecule has 1 aromatic carbocycles. The predicted molar refractivity (Wildman–Crippen MR) is 60.3 cm³/mol.